The predicted molar refractivity (Wildman–Crippen MR) is 35.4 cm³/mol. The summed E-state index contributed by atoms with van der Waals surface area (Å²) in [6.07, 6.45) is 0. The van der Waals surface area contributed by atoms with Gasteiger partial charge < -0.3 is 9.47 Å². The summed E-state index contributed by atoms with van der Waals surface area (Å²) in [4.78, 5) is 9.69. The van der Waals surface area contributed by atoms with E-state index in [1.165, 1.54) is 0 Å². The van der Waals surface area contributed by atoms with Crippen molar-refractivity contribution in [3.63, 3.8) is 0 Å². The van der Waals surface area contributed by atoms with E-state index < -0.39 is 16.2 Å². The zero-order valence-corrected chi connectivity index (χ0v) is 6.61. The molecular weight excluding hydrogens is 206 g/mol. The Kier molecular flexibility index (Phi) is 2.58. The van der Waals surface area contributed by atoms with Gasteiger partial charge in [0.1, 0.15) is 13.2 Å². The molecule has 0 bridgehead atoms. The number of rotatable bonds is 1. The van der Waals surface area contributed by atoms with Crippen LogP contribution in [0.1, 0.15) is 0 Å². The van der Waals surface area contributed by atoms with Crippen molar-refractivity contribution in [1.82, 2.24) is 0 Å². The van der Waals surface area contributed by atoms with Crippen LogP contribution < -0.4 is 0 Å². The Morgan fingerprint density at radius 2 is 2.00 bits per heavy atom. The van der Waals surface area contributed by atoms with Crippen LogP contribution >= 0.6 is 15.9 Å². The lowest BCUT2D eigenvalue weighted by atomic mass is 10.3. The molecule has 0 atom stereocenters. The van der Waals surface area contributed by atoms with Crippen LogP contribution in [0.4, 0.5) is 0 Å². The third kappa shape index (κ3) is 1.89. The molecule has 0 amide bonds. The average Bonchev–Trinajstić information content (AvgIpc) is 1.88. The van der Waals surface area contributed by atoms with E-state index in [0.717, 1.165) is 0 Å². The molecule has 0 unspecified atom stereocenters. The Hall–Kier alpha value is -0.200. The second-order valence-electron chi connectivity index (χ2n) is 1.88. The minimum absolute atomic E-state index is 0.114. The van der Waals surface area contributed by atoms with Gasteiger partial charge in [-0.05, 0) is 15.9 Å². The molecule has 1 aliphatic heterocycles. The van der Waals surface area contributed by atoms with E-state index in [2.05, 4.69) is 15.9 Å². The summed E-state index contributed by atoms with van der Waals surface area (Å²) in [7, 11) is 0. The Bertz CT molecular complexity index is 133. The van der Waals surface area contributed by atoms with Crippen molar-refractivity contribution in [3.05, 3.63) is 10.1 Å². The van der Waals surface area contributed by atoms with E-state index in [-0.39, 0.29) is 13.2 Å². The number of alkyl halides is 1. The fourth-order valence-corrected chi connectivity index (χ4v) is 0.897. The molecule has 6 heteroatoms. The molecule has 58 valence electrons. The highest BCUT2D eigenvalue weighted by atomic mass is 79.9. The summed E-state index contributed by atoms with van der Waals surface area (Å²) in [5, 5.41) is 9.61. The van der Waals surface area contributed by atoms with E-state index in [9.17, 15) is 10.1 Å². The topological polar surface area (TPSA) is 61.6 Å². The number of nitrogens with zero attached hydrogens (tertiary/aromatic N) is 1. The summed E-state index contributed by atoms with van der Waals surface area (Å²) in [6, 6.07) is -0.714. The smallest absolute Gasteiger partial charge is 0.259 e. The van der Waals surface area contributed by atoms with E-state index >= 15 is 0 Å². The SMILES string of the molecule is O=[N+]([O-])C1COC(Br)OC1. The van der Waals surface area contributed by atoms with Crippen LogP contribution in [0.15, 0.2) is 0 Å². The first kappa shape index (κ1) is 7.90. The summed E-state index contributed by atoms with van der Waals surface area (Å²) >= 11 is 3.00. The Labute approximate surface area is 65.6 Å². The molecule has 5 nitrogen and oxygen atoms in total. The second kappa shape index (κ2) is 3.27. The van der Waals surface area contributed by atoms with Crippen LogP contribution in [-0.4, -0.2) is 29.4 Å². The Balaban J connectivity index is 2.33. The van der Waals surface area contributed by atoms with Crippen LogP contribution in [-0.2, 0) is 9.47 Å². The van der Waals surface area contributed by atoms with Gasteiger partial charge in [0.05, 0.1) is 0 Å². The molecule has 0 aromatic rings. The van der Waals surface area contributed by atoms with Gasteiger partial charge in [-0.1, -0.05) is 0 Å². The lowest BCUT2D eigenvalue weighted by Crippen LogP contribution is -2.38. The number of ether oxygens (including phenoxy) is 2. The van der Waals surface area contributed by atoms with Gasteiger partial charge in [0.15, 0.2) is 0 Å². The molecule has 1 fully saturated rings. The molecule has 0 N–H and O–H groups in total. The van der Waals surface area contributed by atoms with Crippen molar-refractivity contribution >= 4 is 15.9 Å². The molecule has 0 saturated carbocycles. The maximum atomic E-state index is 10.1. The van der Waals surface area contributed by atoms with Gasteiger partial charge >= 0.3 is 0 Å². The zero-order valence-electron chi connectivity index (χ0n) is 5.03. The number of hydrogen-bond donors (Lipinski definition) is 0. The predicted octanol–water partition coefficient (Wildman–Crippen LogP) is 0.357. The quantitative estimate of drug-likeness (QED) is 0.357. The van der Waals surface area contributed by atoms with Crippen molar-refractivity contribution < 1.29 is 14.4 Å². The number of nitro groups is 1. The molecule has 0 aliphatic carbocycles. The number of hydrogen-bond acceptors (Lipinski definition) is 4. The summed E-state index contributed by atoms with van der Waals surface area (Å²) in [6.45, 7) is 0.228. The maximum Gasteiger partial charge on any atom is 0.259 e. The zero-order chi connectivity index (χ0) is 7.56. The monoisotopic (exact) mass is 211 g/mol. The van der Waals surface area contributed by atoms with Crippen molar-refractivity contribution in [3.8, 4) is 0 Å². The molecule has 0 aromatic carbocycles. The summed E-state index contributed by atoms with van der Waals surface area (Å²) < 4.78 is 9.61. The van der Waals surface area contributed by atoms with Crippen molar-refractivity contribution in [2.75, 3.05) is 13.2 Å². The fourth-order valence-electron chi connectivity index (χ4n) is 0.591. The van der Waals surface area contributed by atoms with Crippen LogP contribution in [0.25, 0.3) is 0 Å². The molecule has 0 spiro atoms. The molecule has 1 heterocycles. The van der Waals surface area contributed by atoms with Crippen LogP contribution in [0, 0.1) is 10.1 Å². The Morgan fingerprint density at radius 1 is 1.50 bits per heavy atom. The van der Waals surface area contributed by atoms with Crippen LogP contribution in [0.3, 0.4) is 0 Å². The molecular formula is C4H6BrNO4. The van der Waals surface area contributed by atoms with E-state index in [1.54, 1.807) is 0 Å². The van der Waals surface area contributed by atoms with Gasteiger partial charge in [0, 0.05) is 4.92 Å². The third-order valence-electron chi connectivity index (χ3n) is 1.14. The fraction of sp³-hybridized carbons (Fsp3) is 1.00. The van der Waals surface area contributed by atoms with Gasteiger partial charge in [-0.15, -0.1) is 0 Å². The van der Waals surface area contributed by atoms with E-state index in [1.807, 2.05) is 0 Å². The van der Waals surface area contributed by atoms with Gasteiger partial charge in [0.25, 0.3) is 6.04 Å². The van der Waals surface area contributed by atoms with Gasteiger partial charge in [0.2, 0.25) is 5.20 Å². The molecule has 10 heavy (non-hydrogen) atoms. The first-order valence-electron chi connectivity index (χ1n) is 2.71. The van der Waals surface area contributed by atoms with Crippen LogP contribution in [0.2, 0.25) is 0 Å². The lowest BCUT2D eigenvalue weighted by molar-refractivity contribution is -0.540. The first-order chi connectivity index (χ1) is 4.70. The van der Waals surface area contributed by atoms with Crippen molar-refractivity contribution in [1.29, 1.82) is 0 Å². The minimum atomic E-state index is -0.714. The van der Waals surface area contributed by atoms with Gasteiger partial charge in [-0.3, -0.25) is 10.1 Å². The molecule has 1 saturated heterocycles. The summed E-state index contributed by atoms with van der Waals surface area (Å²) in [5.74, 6) is 0. The van der Waals surface area contributed by atoms with Crippen LogP contribution in [0.5, 0.6) is 0 Å². The molecule has 1 rings (SSSR count). The largest absolute Gasteiger partial charge is 0.336 e. The van der Waals surface area contributed by atoms with Gasteiger partial charge in [-0.2, -0.15) is 0 Å². The van der Waals surface area contributed by atoms with E-state index in [0.29, 0.717) is 0 Å². The third-order valence-corrected chi connectivity index (χ3v) is 1.67. The van der Waals surface area contributed by atoms with Crippen molar-refractivity contribution in [2.45, 2.75) is 11.2 Å². The first-order valence-corrected chi connectivity index (χ1v) is 3.62. The maximum absolute atomic E-state index is 10.1. The van der Waals surface area contributed by atoms with Crippen molar-refractivity contribution in [2.24, 2.45) is 0 Å². The lowest BCUT2D eigenvalue weighted by Gasteiger charge is -2.20. The molecule has 1 aliphatic rings. The minimum Gasteiger partial charge on any atom is -0.336 e. The standard InChI is InChI=1S/C4H6BrNO4/c5-4-9-1-3(2-10-4)6(7)8/h3-4H,1-2H2. The number of halogens is 1. The Morgan fingerprint density at radius 3 is 2.40 bits per heavy atom. The normalized spacial score (nSPS) is 33.7. The second-order valence-corrected chi connectivity index (χ2v) is 2.63. The average molecular weight is 212 g/mol. The highest BCUT2D eigenvalue weighted by molar-refractivity contribution is 9.09. The van der Waals surface area contributed by atoms with E-state index in [4.69, 9.17) is 9.47 Å². The highest BCUT2D eigenvalue weighted by Crippen LogP contribution is 2.11. The highest BCUT2D eigenvalue weighted by Gasteiger charge is 2.28. The van der Waals surface area contributed by atoms with Gasteiger partial charge in [-0.25, -0.2) is 0 Å². The molecule has 0 radical (unpaired) electrons. The molecule has 0 aromatic heterocycles. The summed E-state index contributed by atoms with van der Waals surface area (Å²) in [5.41, 5.74) is 0.